The van der Waals surface area contributed by atoms with Crippen LogP contribution >= 0.6 is 11.8 Å². The second-order valence-electron chi connectivity index (χ2n) is 6.88. The van der Waals surface area contributed by atoms with Crippen molar-refractivity contribution in [3.63, 3.8) is 0 Å². The number of ether oxygens (including phenoxy) is 1. The van der Waals surface area contributed by atoms with Crippen LogP contribution in [0.1, 0.15) is 38.8 Å². The molecule has 1 aromatic carbocycles. The molecule has 0 radical (unpaired) electrons. The largest absolute Gasteiger partial charge is 0.452 e. The van der Waals surface area contributed by atoms with E-state index in [1.54, 1.807) is 20.8 Å². The van der Waals surface area contributed by atoms with Crippen molar-refractivity contribution in [2.45, 2.75) is 58.1 Å². The summed E-state index contributed by atoms with van der Waals surface area (Å²) in [5, 5.41) is 4.76. The Morgan fingerprint density at radius 1 is 1.20 bits per heavy atom. The van der Waals surface area contributed by atoms with Crippen molar-refractivity contribution in [3.8, 4) is 0 Å². The minimum Gasteiger partial charge on any atom is -0.452 e. The van der Waals surface area contributed by atoms with E-state index in [1.165, 1.54) is 18.7 Å². The number of thioether (sulfide) groups is 1. The summed E-state index contributed by atoms with van der Waals surface area (Å²) in [7, 11) is 0. The number of benzene rings is 1. The summed E-state index contributed by atoms with van der Waals surface area (Å²) >= 11 is 1.35. The highest BCUT2D eigenvalue weighted by atomic mass is 32.2. The van der Waals surface area contributed by atoms with Crippen molar-refractivity contribution in [2.24, 2.45) is 0 Å². The van der Waals surface area contributed by atoms with Crippen LogP contribution in [-0.2, 0) is 14.3 Å². The summed E-state index contributed by atoms with van der Waals surface area (Å²) in [5.41, 5.74) is 1.78. The molecule has 0 bridgehead atoms. The predicted molar refractivity (Wildman–Crippen MR) is 98.6 cm³/mol. The van der Waals surface area contributed by atoms with E-state index in [0.717, 1.165) is 16.0 Å². The van der Waals surface area contributed by atoms with Crippen molar-refractivity contribution in [2.75, 3.05) is 5.75 Å². The Bertz CT molecular complexity index is 653. The molecular weight excluding hydrogens is 340 g/mol. The Morgan fingerprint density at radius 3 is 2.40 bits per heavy atom. The molecule has 0 aromatic heterocycles. The Kier molecular flexibility index (Phi) is 7.48. The number of esters is 1. The Hall–Kier alpha value is -2.02. The molecule has 0 aliphatic heterocycles. The molecule has 0 heterocycles. The van der Waals surface area contributed by atoms with Gasteiger partial charge in [-0.1, -0.05) is 17.7 Å². The van der Waals surface area contributed by atoms with Gasteiger partial charge in [-0.25, -0.2) is 4.79 Å². The first kappa shape index (κ1) is 21.0. The number of aryl methyl sites for hydroxylation is 2. The third-order valence-electron chi connectivity index (χ3n) is 3.08. The van der Waals surface area contributed by atoms with E-state index in [-0.39, 0.29) is 5.75 Å². The molecule has 2 N–H and O–H groups in total. The lowest BCUT2D eigenvalue weighted by molar-refractivity contribution is -0.151. The van der Waals surface area contributed by atoms with Crippen molar-refractivity contribution < 1.29 is 19.1 Å². The van der Waals surface area contributed by atoms with Crippen LogP contribution < -0.4 is 10.6 Å². The molecule has 0 aliphatic carbocycles. The summed E-state index contributed by atoms with van der Waals surface area (Å²) in [6.45, 7) is 10.8. The number of urea groups is 1. The lowest BCUT2D eigenvalue weighted by atomic mass is 10.1. The Balaban J connectivity index is 2.45. The minimum atomic E-state index is -1.04. The summed E-state index contributed by atoms with van der Waals surface area (Å²) in [5.74, 6) is -1.08. The van der Waals surface area contributed by atoms with E-state index in [1.807, 2.05) is 32.0 Å². The van der Waals surface area contributed by atoms with Crippen molar-refractivity contribution >= 4 is 29.7 Å². The Labute approximate surface area is 153 Å². The minimum absolute atomic E-state index is 0.0930. The van der Waals surface area contributed by atoms with Crippen molar-refractivity contribution in [1.82, 2.24) is 10.6 Å². The van der Waals surface area contributed by atoms with Crippen LogP contribution in [0.4, 0.5) is 4.79 Å². The summed E-state index contributed by atoms with van der Waals surface area (Å²) in [6, 6.07) is 5.35. The van der Waals surface area contributed by atoms with Gasteiger partial charge >= 0.3 is 12.0 Å². The monoisotopic (exact) mass is 366 g/mol. The standard InChI is InChI=1S/C18H26N2O4S/c1-11-7-8-14(12(2)9-11)25-10-15(21)24-13(3)16(22)19-17(23)20-18(4,5)6/h7-9,13H,10H2,1-6H3,(H2,19,20,22,23)/t13-/m0/s1. The van der Waals surface area contributed by atoms with Crippen LogP contribution in [0.25, 0.3) is 0 Å². The molecule has 7 heteroatoms. The SMILES string of the molecule is Cc1ccc(SCC(=O)O[C@@H](C)C(=O)NC(=O)NC(C)(C)C)c(C)c1. The zero-order valence-corrected chi connectivity index (χ0v) is 16.4. The maximum Gasteiger partial charge on any atom is 0.321 e. The summed E-state index contributed by atoms with van der Waals surface area (Å²) in [6.07, 6.45) is -1.04. The second-order valence-corrected chi connectivity index (χ2v) is 7.90. The lowest BCUT2D eigenvalue weighted by Gasteiger charge is -2.21. The van der Waals surface area contributed by atoms with E-state index in [4.69, 9.17) is 4.74 Å². The van der Waals surface area contributed by atoms with Gasteiger partial charge in [0.05, 0.1) is 5.75 Å². The number of hydrogen-bond donors (Lipinski definition) is 2. The van der Waals surface area contributed by atoms with Crippen molar-refractivity contribution in [1.29, 1.82) is 0 Å². The molecule has 0 saturated heterocycles. The average Bonchev–Trinajstić information content (AvgIpc) is 2.44. The van der Waals surface area contributed by atoms with Crippen LogP contribution in [0.3, 0.4) is 0 Å². The van der Waals surface area contributed by atoms with Gasteiger partial charge in [-0.3, -0.25) is 14.9 Å². The summed E-state index contributed by atoms with van der Waals surface area (Å²) < 4.78 is 5.08. The van der Waals surface area contributed by atoms with Gasteiger partial charge in [0.25, 0.3) is 5.91 Å². The van der Waals surface area contributed by atoms with Crippen LogP contribution in [0.15, 0.2) is 23.1 Å². The quantitative estimate of drug-likeness (QED) is 0.618. The molecular formula is C18H26N2O4S. The molecule has 1 aromatic rings. The fourth-order valence-electron chi connectivity index (χ4n) is 1.97. The topological polar surface area (TPSA) is 84.5 Å². The van der Waals surface area contributed by atoms with E-state index in [2.05, 4.69) is 10.6 Å². The van der Waals surface area contributed by atoms with Crippen LogP contribution in [-0.4, -0.2) is 35.3 Å². The molecule has 0 aliphatic rings. The van der Waals surface area contributed by atoms with Gasteiger partial charge < -0.3 is 10.1 Å². The van der Waals surface area contributed by atoms with Crippen molar-refractivity contribution in [3.05, 3.63) is 29.3 Å². The van der Waals surface area contributed by atoms with E-state index < -0.39 is 29.6 Å². The average molecular weight is 366 g/mol. The lowest BCUT2D eigenvalue weighted by Crippen LogP contribution is -2.50. The highest BCUT2D eigenvalue weighted by Crippen LogP contribution is 2.23. The van der Waals surface area contributed by atoms with E-state index >= 15 is 0 Å². The first-order chi connectivity index (χ1) is 11.5. The third-order valence-corrected chi connectivity index (χ3v) is 4.23. The van der Waals surface area contributed by atoms with Crippen LogP contribution in [0.2, 0.25) is 0 Å². The molecule has 0 fully saturated rings. The van der Waals surface area contributed by atoms with Gasteiger partial charge in [-0.15, -0.1) is 11.8 Å². The number of carbonyl (C=O) groups excluding carboxylic acids is 3. The molecule has 0 unspecified atom stereocenters. The van der Waals surface area contributed by atoms with Gasteiger partial charge in [0.2, 0.25) is 0 Å². The number of hydrogen-bond acceptors (Lipinski definition) is 5. The highest BCUT2D eigenvalue weighted by Gasteiger charge is 2.22. The number of nitrogens with one attached hydrogen (secondary N) is 2. The molecule has 6 nitrogen and oxygen atoms in total. The molecule has 1 atom stereocenters. The molecule has 0 spiro atoms. The summed E-state index contributed by atoms with van der Waals surface area (Å²) in [4.78, 5) is 36.4. The first-order valence-electron chi connectivity index (χ1n) is 8.00. The second kappa shape index (κ2) is 8.89. The maximum atomic E-state index is 11.9. The zero-order valence-electron chi connectivity index (χ0n) is 15.6. The highest BCUT2D eigenvalue weighted by molar-refractivity contribution is 8.00. The molecule has 0 saturated carbocycles. The van der Waals surface area contributed by atoms with Gasteiger partial charge in [0.1, 0.15) is 0 Å². The number of carbonyl (C=O) groups is 3. The zero-order chi connectivity index (χ0) is 19.2. The van der Waals surface area contributed by atoms with Crippen LogP contribution in [0, 0.1) is 13.8 Å². The predicted octanol–water partition coefficient (Wildman–Crippen LogP) is 2.95. The third kappa shape index (κ3) is 8.07. The van der Waals surface area contributed by atoms with E-state index in [9.17, 15) is 14.4 Å². The molecule has 138 valence electrons. The number of rotatable bonds is 5. The normalized spacial score (nSPS) is 12.2. The van der Waals surface area contributed by atoms with Gasteiger partial charge in [-0.2, -0.15) is 0 Å². The fourth-order valence-corrected chi connectivity index (χ4v) is 2.76. The first-order valence-corrected chi connectivity index (χ1v) is 8.99. The fraction of sp³-hybridized carbons (Fsp3) is 0.500. The molecule has 1 rings (SSSR count). The van der Waals surface area contributed by atoms with Gasteiger partial charge in [-0.05, 0) is 53.2 Å². The number of imide groups is 1. The number of amides is 3. The molecule has 25 heavy (non-hydrogen) atoms. The van der Waals surface area contributed by atoms with Gasteiger partial charge in [0.15, 0.2) is 6.10 Å². The smallest absolute Gasteiger partial charge is 0.321 e. The van der Waals surface area contributed by atoms with E-state index in [0.29, 0.717) is 0 Å². The maximum absolute atomic E-state index is 11.9. The Morgan fingerprint density at radius 2 is 1.84 bits per heavy atom. The van der Waals surface area contributed by atoms with Gasteiger partial charge in [0, 0.05) is 10.4 Å². The van der Waals surface area contributed by atoms with Crippen LogP contribution in [0.5, 0.6) is 0 Å². The molecule has 3 amide bonds.